The molecule has 82 valence electrons. The number of benzene rings is 1. The van der Waals surface area contributed by atoms with Crippen LogP contribution in [0.4, 0.5) is 0 Å². The van der Waals surface area contributed by atoms with Crippen LogP contribution in [0.15, 0.2) is 24.3 Å². The zero-order valence-electron chi connectivity index (χ0n) is 9.25. The number of hydrogen-bond donors (Lipinski definition) is 1. The minimum Gasteiger partial charge on any atom is -0.490 e. The second-order valence-corrected chi connectivity index (χ2v) is 4.04. The van der Waals surface area contributed by atoms with Crippen molar-refractivity contribution in [2.75, 3.05) is 19.7 Å². The van der Waals surface area contributed by atoms with Crippen LogP contribution >= 0.6 is 0 Å². The van der Waals surface area contributed by atoms with E-state index in [9.17, 15) is 0 Å². The van der Waals surface area contributed by atoms with E-state index in [1.54, 1.807) is 0 Å². The van der Waals surface area contributed by atoms with E-state index in [1.807, 2.05) is 31.2 Å². The molecular formula is C12H17NO2. The highest BCUT2D eigenvalue weighted by Crippen LogP contribution is 2.31. The molecule has 0 aromatic heterocycles. The molecule has 0 unspecified atom stereocenters. The van der Waals surface area contributed by atoms with Crippen LogP contribution < -0.4 is 14.8 Å². The molecule has 0 saturated carbocycles. The van der Waals surface area contributed by atoms with Gasteiger partial charge < -0.3 is 14.8 Å². The largest absolute Gasteiger partial charge is 0.490 e. The second kappa shape index (κ2) is 4.11. The third kappa shape index (κ3) is 2.23. The molecule has 3 nitrogen and oxygen atoms in total. The first-order valence-electron chi connectivity index (χ1n) is 5.35. The monoisotopic (exact) mass is 207 g/mol. The normalized spacial score (nSPS) is 18.0. The van der Waals surface area contributed by atoms with E-state index in [0.717, 1.165) is 24.6 Å². The molecule has 1 fully saturated rings. The Morgan fingerprint density at radius 1 is 1.27 bits per heavy atom. The van der Waals surface area contributed by atoms with Crippen molar-refractivity contribution >= 4 is 0 Å². The van der Waals surface area contributed by atoms with E-state index in [4.69, 9.17) is 9.47 Å². The minimum atomic E-state index is -0.0762. The zero-order chi connectivity index (χ0) is 10.7. The second-order valence-electron chi connectivity index (χ2n) is 4.04. The van der Waals surface area contributed by atoms with Crippen LogP contribution in [0.1, 0.15) is 13.8 Å². The number of ether oxygens (including phenoxy) is 2. The Kier molecular flexibility index (Phi) is 2.82. The van der Waals surface area contributed by atoms with Gasteiger partial charge in [0.05, 0.1) is 6.61 Å². The lowest BCUT2D eigenvalue weighted by molar-refractivity contribution is 0.0318. The van der Waals surface area contributed by atoms with Gasteiger partial charge in [0.1, 0.15) is 5.60 Å². The number of hydrogen-bond acceptors (Lipinski definition) is 3. The van der Waals surface area contributed by atoms with Crippen LogP contribution in [-0.4, -0.2) is 25.3 Å². The summed E-state index contributed by atoms with van der Waals surface area (Å²) in [6.45, 7) is 6.53. The molecule has 1 aromatic rings. The highest BCUT2D eigenvalue weighted by Gasteiger charge is 2.34. The Balaban J connectivity index is 2.12. The molecule has 3 heteroatoms. The SMILES string of the molecule is CCOc1ccccc1OC1(C)CNC1. The molecule has 0 amide bonds. The van der Waals surface area contributed by atoms with Gasteiger partial charge in [-0.25, -0.2) is 0 Å². The lowest BCUT2D eigenvalue weighted by Crippen LogP contribution is -2.61. The summed E-state index contributed by atoms with van der Waals surface area (Å²) < 4.78 is 11.4. The lowest BCUT2D eigenvalue weighted by Gasteiger charge is -2.39. The summed E-state index contributed by atoms with van der Waals surface area (Å²) in [5, 5.41) is 3.21. The van der Waals surface area contributed by atoms with Crippen LogP contribution in [0.2, 0.25) is 0 Å². The third-order valence-corrected chi connectivity index (χ3v) is 2.50. The summed E-state index contributed by atoms with van der Waals surface area (Å²) in [5.41, 5.74) is -0.0762. The quantitative estimate of drug-likeness (QED) is 0.817. The maximum atomic E-state index is 5.93. The lowest BCUT2D eigenvalue weighted by atomic mass is 10.00. The Morgan fingerprint density at radius 3 is 2.47 bits per heavy atom. The fourth-order valence-corrected chi connectivity index (χ4v) is 1.62. The molecule has 1 aliphatic heterocycles. The standard InChI is InChI=1S/C12H17NO2/c1-3-14-10-6-4-5-7-11(10)15-12(2)8-13-9-12/h4-7,13H,3,8-9H2,1-2H3. The Labute approximate surface area is 90.4 Å². The predicted molar refractivity (Wildman–Crippen MR) is 59.5 cm³/mol. The first kappa shape index (κ1) is 10.3. The fourth-order valence-electron chi connectivity index (χ4n) is 1.62. The first-order chi connectivity index (χ1) is 7.23. The van der Waals surface area contributed by atoms with Crippen molar-refractivity contribution in [1.82, 2.24) is 5.32 Å². The summed E-state index contributed by atoms with van der Waals surface area (Å²) in [6.07, 6.45) is 0. The highest BCUT2D eigenvalue weighted by molar-refractivity contribution is 5.40. The van der Waals surface area contributed by atoms with Crippen molar-refractivity contribution in [2.24, 2.45) is 0 Å². The molecule has 1 aromatic carbocycles. The summed E-state index contributed by atoms with van der Waals surface area (Å²) in [6, 6.07) is 7.81. The molecule has 0 bridgehead atoms. The van der Waals surface area contributed by atoms with Gasteiger partial charge in [0, 0.05) is 13.1 Å². The number of para-hydroxylation sites is 2. The minimum absolute atomic E-state index is 0.0762. The van der Waals surface area contributed by atoms with Crippen LogP contribution in [-0.2, 0) is 0 Å². The Bertz CT molecular complexity index is 334. The fraction of sp³-hybridized carbons (Fsp3) is 0.500. The Hall–Kier alpha value is -1.22. The van der Waals surface area contributed by atoms with Gasteiger partial charge in [-0.1, -0.05) is 12.1 Å². The van der Waals surface area contributed by atoms with Gasteiger partial charge in [-0.05, 0) is 26.0 Å². The molecule has 1 N–H and O–H groups in total. The van der Waals surface area contributed by atoms with E-state index in [2.05, 4.69) is 12.2 Å². The van der Waals surface area contributed by atoms with E-state index in [-0.39, 0.29) is 5.60 Å². The van der Waals surface area contributed by atoms with Gasteiger partial charge in [-0.3, -0.25) is 0 Å². The number of nitrogens with one attached hydrogen (secondary N) is 1. The average Bonchev–Trinajstić information content (AvgIpc) is 2.19. The van der Waals surface area contributed by atoms with Crippen molar-refractivity contribution in [3.8, 4) is 11.5 Å². The van der Waals surface area contributed by atoms with E-state index < -0.39 is 0 Å². The third-order valence-electron chi connectivity index (χ3n) is 2.50. The maximum absolute atomic E-state index is 5.93. The molecule has 0 atom stereocenters. The molecule has 1 saturated heterocycles. The van der Waals surface area contributed by atoms with Gasteiger partial charge in [0.15, 0.2) is 11.5 Å². The van der Waals surface area contributed by atoms with Crippen molar-refractivity contribution < 1.29 is 9.47 Å². The first-order valence-corrected chi connectivity index (χ1v) is 5.35. The van der Waals surface area contributed by atoms with E-state index in [1.165, 1.54) is 0 Å². The smallest absolute Gasteiger partial charge is 0.162 e. The summed E-state index contributed by atoms with van der Waals surface area (Å²) in [5.74, 6) is 1.66. The van der Waals surface area contributed by atoms with Gasteiger partial charge in [0.2, 0.25) is 0 Å². The molecule has 0 radical (unpaired) electrons. The molecule has 15 heavy (non-hydrogen) atoms. The zero-order valence-corrected chi connectivity index (χ0v) is 9.25. The van der Waals surface area contributed by atoms with Gasteiger partial charge in [-0.15, -0.1) is 0 Å². The molecular weight excluding hydrogens is 190 g/mol. The molecule has 1 heterocycles. The van der Waals surface area contributed by atoms with Crippen LogP contribution in [0.25, 0.3) is 0 Å². The van der Waals surface area contributed by atoms with E-state index in [0.29, 0.717) is 6.61 Å². The highest BCUT2D eigenvalue weighted by atomic mass is 16.5. The summed E-state index contributed by atoms with van der Waals surface area (Å²) >= 11 is 0. The average molecular weight is 207 g/mol. The number of rotatable bonds is 4. The van der Waals surface area contributed by atoms with E-state index >= 15 is 0 Å². The summed E-state index contributed by atoms with van der Waals surface area (Å²) in [4.78, 5) is 0. The maximum Gasteiger partial charge on any atom is 0.162 e. The molecule has 0 spiro atoms. The molecule has 2 rings (SSSR count). The summed E-state index contributed by atoms with van der Waals surface area (Å²) in [7, 11) is 0. The van der Waals surface area contributed by atoms with Crippen molar-refractivity contribution in [3.63, 3.8) is 0 Å². The van der Waals surface area contributed by atoms with Crippen LogP contribution in [0.5, 0.6) is 11.5 Å². The van der Waals surface area contributed by atoms with Crippen molar-refractivity contribution in [3.05, 3.63) is 24.3 Å². The predicted octanol–water partition coefficient (Wildman–Crippen LogP) is 1.83. The van der Waals surface area contributed by atoms with Crippen LogP contribution in [0.3, 0.4) is 0 Å². The van der Waals surface area contributed by atoms with Gasteiger partial charge in [-0.2, -0.15) is 0 Å². The molecule has 0 aliphatic carbocycles. The topological polar surface area (TPSA) is 30.5 Å². The molecule has 1 aliphatic rings. The Morgan fingerprint density at radius 2 is 1.93 bits per heavy atom. The van der Waals surface area contributed by atoms with Crippen LogP contribution in [0, 0.1) is 0 Å². The van der Waals surface area contributed by atoms with Crippen molar-refractivity contribution in [1.29, 1.82) is 0 Å². The van der Waals surface area contributed by atoms with Gasteiger partial charge in [0.25, 0.3) is 0 Å². The van der Waals surface area contributed by atoms with Gasteiger partial charge >= 0.3 is 0 Å². The van der Waals surface area contributed by atoms with Crippen molar-refractivity contribution in [2.45, 2.75) is 19.4 Å².